The van der Waals surface area contributed by atoms with Gasteiger partial charge in [0.15, 0.2) is 5.76 Å². The van der Waals surface area contributed by atoms with E-state index in [4.69, 9.17) is 9.47 Å². The third-order valence-corrected chi connectivity index (χ3v) is 3.99. The van der Waals surface area contributed by atoms with Gasteiger partial charge in [-0.25, -0.2) is 0 Å². The van der Waals surface area contributed by atoms with Gasteiger partial charge in [-0.1, -0.05) is 17.2 Å². The van der Waals surface area contributed by atoms with Gasteiger partial charge >= 0.3 is 0 Å². The van der Waals surface area contributed by atoms with Gasteiger partial charge in [-0.05, 0) is 51.3 Å². The molecule has 0 N–H and O–H groups in total. The van der Waals surface area contributed by atoms with Gasteiger partial charge in [0, 0.05) is 12.8 Å². The van der Waals surface area contributed by atoms with Crippen LogP contribution in [0.3, 0.4) is 0 Å². The second kappa shape index (κ2) is 5.68. The van der Waals surface area contributed by atoms with Crippen molar-refractivity contribution in [1.82, 2.24) is 0 Å². The summed E-state index contributed by atoms with van der Waals surface area (Å²) in [6.07, 6.45) is 7.50. The fourth-order valence-electron chi connectivity index (χ4n) is 2.64. The highest BCUT2D eigenvalue weighted by molar-refractivity contribution is 5.35. The molecule has 2 rings (SSSR count). The Balaban J connectivity index is 2.22. The molecular weight excluding hydrogens is 236 g/mol. The lowest BCUT2D eigenvalue weighted by Gasteiger charge is -2.28. The zero-order valence-corrected chi connectivity index (χ0v) is 12.7. The molecule has 0 bridgehead atoms. The summed E-state index contributed by atoms with van der Waals surface area (Å²) in [7, 11) is 1.73. The highest BCUT2D eigenvalue weighted by Crippen LogP contribution is 2.31. The molecule has 0 aromatic heterocycles. The number of allylic oxidation sites excluding steroid dienone is 5. The van der Waals surface area contributed by atoms with Gasteiger partial charge in [0.25, 0.3) is 0 Å². The molecule has 2 nitrogen and oxygen atoms in total. The highest BCUT2D eigenvalue weighted by Gasteiger charge is 2.22. The minimum atomic E-state index is 0.146. The summed E-state index contributed by atoms with van der Waals surface area (Å²) in [6.45, 7) is 8.63. The van der Waals surface area contributed by atoms with Crippen molar-refractivity contribution >= 4 is 0 Å². The van der Waals surface area contributed by atoms with E-state index in [-0.39, 0.29) is 6.10 Å². The lowest BCUT2D eigenvalue weighted by atomic mass is 9.92. The first-order valence-electron chi connectivity index (χ1n) is 6.96. The van der Waals surface area contributed by atoms with E-state index in [2.05, 4.69) is 39.8 Å². The summed E-state index contributed by atoms with van der Waals surface area (Å²) < 4.78 is 11.7. The molecule has 0 aliphatic heterocycles. The Hall–Kier alpha value is -1.44. The molecular formula is C17H24O2. The van der Waals surface area contributed by atoms with E-state index in [0.29, 0.717) is 0 Å². The Labute approximate surface area is 116 Å². The van der Waals surface area contributed by atoms with Gasteiger partial charge in [-0.3, -0.25) is 0 Å². The lowest BCUT2D eigenvalue weighted by molar-refractivity contribution is 0.127. The minimum Gasteiger partial charge on any atom is -0.497 e. The van der Waals surface area contributed by atoms with Crippen molar-refractivity contribution in [1.29, 1.82) is 0 Å². The lowest BCUT2D eigenvalue weighted by Crippen LogP contribution is -2.20. The number of hydrogen-bond acceptors (Lipinski definition) is 2. The quantitative estimate of drug-likeness (QED) is 0.735. The van der Waals surface area contributed by atoms with Crippen LogP contribution in [0.4, 0.5) is 0 Å². The molecule has 2 aliphatic rings. The maximum atomic E-state index is 6.24. The van der Waals surface area contributed by atoms with Gasteiger partial charge in [-0.2, -0.15) is 0 Å². The van der Waals surface area contributed by atoms with E-state index in [9.17, 15) is 0 Å². The first-order chi connectivity index (χ1) is 9.01. The van der Waals surface area contributed by atoms with Crippen LogP contribution in [0.1, 0.15) is 47.0 Å². The van der Waals surface area contributed by atoms with Gasteiger partial charge in [0.05, 0.1) is 7.11 Å². The fourth-order valence-corrected chi connectivity index (χ4v) is 2.64. The molecule has 0 spiro atoms. The predicted molar refractivity (Wildman–Crippen MR) is 78.6 cm³/mol. The first kappa shape index (κ1) is 14.0. The SMILES string of the molecule is COC1=C(OC2CC(C)=CC(C)=C2C)C=C(C)CC1. The Morgan fingerprint density at radius 2 is 1.74 bits per heavy atom. The van der Waals surface area contributed by atoms with E-state index in [1.807, 2.05) is 0 Å². The fraction of sp³-hybridized carbons (Fsp3) is 0.529. The topological polar surface area (TPSA) is 18.5 Å². The van der Waals surface area contributed by atoms with Gasteiger partial charge in [0.2, 0.25) is 0 Å². The van der Waals surface area contributed by atoms with Gasteiger partial charge in [-0.15, -0.1) is 0 Å². The molecule has 0 aromatic rings. The second-order valence-electron chi connectivity index (χ2n) is 5.65. The van der Waals surface area contributed by atoms with Crippen LogP contribution in [0.5, 0.6) is 0 Å². The van der Waals surface area contributed by atoms with Crippen molar-refractivity contribution in [3.05, 3.63) is 46.0 Å². The van der Waals surface area contributed by atoms with Crippen molar-refractivity contribution in [3.63, 3.8) is 0 Å². The summed E-state index contributed by atoms with van der Waals surface area (Å²) in [4.78, 5) is 0. The minimum absolute atomic E-state index is 0.146. The monoisotopic (exact) mass is 260 g/mol. The number of methoxy groups -OCH3 is 1. The molecule has 104 valence electrons. The molecule has 0 saturated carbocycles. The van der Waals surface area contributed by atoms with Gasteiger partial charge in [0.1, 0.15) is 11.9 Å². The van der Waals surface area contributed by atoms with Gasteiger partial charge < -0.3 is 9.47 Å². The molecule has 2 heteroatoms. The predicted octanol–water partition coefficient (Wildman–Crippen LogP) is 4.66. The molecule has 0 fully saturated rings. The van der Waals surface area contributed by atoms with Crippen molar-refractivity contribution in [3.8, 4) is 0 Å². The molecule has 0 aromatic carbocycles. The van der Waals surface area contributed by atoms with Crippen LogP contribution in [-0.4, -0.2) is 13.2 Å². The highest BCUT2D eigenvalue weighted by atomic mass is 16.5. The molecule has 0 amide bonds. The number of rotatable bonds is 3. The summed E-state index contributed by atoms with van der Waals surface area (Å²) >= 11 is 0. The third-order valence-electron chi connectivity index (χ3n) is 3.99. The van der Waals surface area contributed by atoms with Crippen LogP contribution in [0.2, 0.25) is 0 Å². The average molecular weight is 260 g/mol. The average Bonchev–Trinajstić information content (AvgIpc) is 2.35. The van der Waals surface area contributed by atoms with Crippen LogP contribution in [0.25, 0.3) is 0 Å². The maximum absolute atomic E-state index is 6.24. The Morgan fingerprint density at radius 3 is 2.42 bits per heavy atom. The molecule has 0 heterocycles. The van der Waals surface area contributed by atoms with Crippen molar-refractivity contribution in [2.75, 3.05) is 7.11 Å². The van der Waals surface area contributed by atoms with Crippen molar-refractivity contribution in [2.45, 2.75) is 53.1 Å². The largest absolute Gasteiger partial charge is 0.497 e. The van der Waals surface area contributed by atoms with Crippen LogP contribution in [-0.2, 0) is 9.47 Å². The van der Waals surface area contributed by atoms with E-state index >= 15 is 0 Å². The summed E-state index contributed by atoms with van der Waals surface area (Å²) in [6, 6.07) is 0. The van der Waals surface area contributed by atoms with Crippen LogP contribution < -0.4 is 0 Å². The molecule has 19 heavy (non-hydrogen) atoms. The van der Waals surface area contributed by atoms with Crippen molar-refractivity contribution in [2.24, 2.45) is 0 Å². The normalized spacial score (nSPS) is 24.2. The Kier molecular flexibility index (Phi) is 4.18. The standard InChI is InChI=1S/C17H24O2/c1-11-6-7-15(18-5)17(9-11)19-16-10-12(2)8-13(3)14(16)4/h8-9,16H,6-7,10H2,1-5H3. The molecule has 0 radical (unpaired) electrons. The number of hydrogen-bond donors (Lipinski definition) is 0. The summed E-state index contributed by atoms with van der Waals surface area (Å²) in [5.41, 5.74) is 5.39. The molecule has 0 saturated heterocycles. The van der Waals surface area contributed by atoms with E-state index in [0.717, 1.165) is 30.8 Å². The second-order valence-corrected chi connectivity index (χ2v) is 5.65. The Bertz CT molecular complexity index is 489. The maximum Gasteiger partial charge on any atom is 0.157 e. The van der Waals surface area contributed by atoms with Crippen LogP contribution >= 0.6 is 0 Å². The van der Waals surface area contributed by atoms with Crippen molar-refractivity contribution < 1.29 is 9.47 Å². The van der Waals surface area contributed by atoms with E-state index < -0.39 is 0 Å². The van der Waals surface area contributed by atoms with Crippen LogP contribution in [0.15, 0.2) is 46.0 Å². The summed E-state index contributed by atoms with van der Waals surface area (Å²) in [5.74, 6) is 1.89. The van der Waals surface area contributed by atoms with E-state index in [1.165, 1.54) is 22.3 Å². The zero-order valence-electron chi connectivity index (χ0n) is 12.7. The Morgan fingerprint density at radius 1 is 1.00 bits per heavy atom. The molecule has 2 aliphatic carbocycles. The summed E-state index contributed by atoms with van der Waals surface area (Å²) in [5, 5.41) is 0. The smallest absolute Gasteiger partial charge is 0.157 e. The van der Waals surface area contributed by atoms with Crippen LogP contribution in [0, 0.1) is 0 Å². The molecule has 1 atom stereocenters. The van der Waals surface area contributed by atoms with E-state index in [1.54, 1.807) is 7.11 Å². The molecule has 1 unspecified atom stereocenters. The zero-order chi connectivity index (χ0) is 14.0. The number of ether oxygens (including phenoxy) is 2. The first-order valence-corrected chi connectivity index (χ1v) is 6.96. The third kappa shape index (κ3) is 3.12.